The zero-order valence-corrected chi connectivity index (χ0v) is 50.0. The van der Waals surface area contributed by atoms with Crippen molar-refractivity contribution in [2.45, 2.75) is 316 Å². The Bertz CT molecular complexity index is 1490. The summed E-state index contributed by atoms with van der Waals surface area (Å²) in [6.45, 7) is 6.47. The summed E-state index contributed by atoms with van der Waals surface area (Å²) in [4.78, 5) is 38.3. The molecule has 76 heavy (non-hydrogen) atoms. The maximum atomic E-state index is 12.9. The molecule has 0 aromatic heterocycles. The largest absolute Gasteiger partial charge is 0.462 e. The lowest BCUT2D eigenvalue weighted by Gasteiger charge is -2.18. The summed E-state index contributed by atoms with van der Waals surface area (Å²) in [6, 6.07) is 0. The van der Waals surface area contributed by atoms with Gasteiger partial charge in [0.2, 0.25) is 0 Å². The zero-order chi connectivity index (χ0) is 55.0. The van der Waals surface area contributed by atoms with E-state index in [9.17, 15) is 14.4 Å². The van der Waals surface area contributed by atoms with Gasteiger partial charge in [0.05, 0.1) is 0 Å². The SMILES string of the molecule is CC/C=C\C/C=C\C/C=C\CCCCCCCC(=O)OC(COC(=O)CCCCCCC/C=C\C/C=C\CCCC)COC(=O)CCCCCCCCCCCCCCCC/C=C\C/C=C\C/C=C\CCCCCCC. The first-order valence-corrected chi connectivity index (χ1v) is 32.2. The number of carbonyl (C=O) groups excluding carboxylic acids is 3. The molecule has 0 aliphatic rings. The Labute approximate surface area is 470 Å². The van der Waals surface area contributed by atoms with Gasteiger partial charge in [0.25, 0.3) is 0 Å². The van der Waals surface area contributed by atoms with Crippen molar-refractivity contribution in [3.8, 4) is 0 Å². The van der Waals surface area contributed by atoms with Crippen molar-refractivity contribution in [2.75, 3.05) is 13.2 Å². The Balaban J connectivity index is 4.26. The fourth-order valence-electron chi connectivity index (χ4n) is 8.95. The van der Waals surface area contributed by atoms with Crippen molar-refractivity contribution >= 4 is 17.9 Å². The molecule has 0 aromatic carbocycles. The van der Waals surface area contributed by atoms with Crippen molar-refractivity contribution < 1.29 is 28.6 Å². The summed E-state index contributed by atoms with van der Waals surface area (Å²) < 4.78 is 16.9. The molecular formula is C70H120O6. The van der Waals surface area contributed by atoms with Crippen molar-refractivity contribution in [3.05, 3.63) is 97.2 Å². The Morgan fingerprint density at radius 3 is 0.842 bits per heavy atom. The van der Waals surface area contributed by atoms with E-state index in [0.717, 1.165) is 135 Å². The van der Waals surface area contributed by atoms with E-state index in [1.807, 2.05) is 0 Å². The maximum Gasteiger partial charge on any atom is 0.306 e. The van der Waals surface area contributed by atoms with Crippen molar-refractivity contribution in [2.24, 2.45) is 0 Å². The molecule has 6 heteroatoms. The zero-order valence-electron chi connectivity index (χ0n) is 50.0. The van der Waals surface area contributed by atoms with E-state index in [0.29, 0.717) is 19.3 Å². The Kier molecular flexibility index (Phi) is 60.8. The van der Waals surface area contributed by atoms with Crippen LogP contribution in [-0.2, 0) is 28.6 Å². The van der Waals surface area contributed by atoms with Crippen LogP contribution in [0.5, 0.6) is 0 Å². The first-order valence-electron chi connectivity index (χ1n) is 32.2. The molecule has 6 nitrogen and oxygen atoms in total. The van der Waals surface area contributed by atoms with Gasteiger partial charge in [0.1, 0.15) is 13.2 Å². The van der Waals surface area contributed by atoms with Crippen LogP contribution in [0.4, 0.5) is 0 Å². The summed E-state index contributed by atoms with van der Waals surface area (Å²) in [5, 5.41) is 0. The predicted octanol–water partition coefficient (Wildman–Crippen LogP) is 22.0. The van der Waals surface area contributed by atoms with Gasteiger partial charge in [-0.1, -0.05) is 272 Å². The quantitative estimate of drug-likeness (QED) is 0.0261. The van der Waals surface area contributed by atoms with E-state index >= 15 is 0 Å². The van der Waals surface area contributed by atoms with Gasteiger partial charge in [-0.05, 0) is 116 Å². The van der Waals surface area contributed by atoms with Gasteiger partial charge < -0.3 is 14.2 Å². The molecule has 0 heterocycles. The van der Waals surface area contributed by atoms with E-state index in [1.165, 1.54) is 135 Å². The second-order valence-corrected chi connectivity index (χ2v) is 21.3. The van der Waals surface area contributed by atoms with Crippen LogP contribution in [0, 0.1) is 0 Å². The summed E-state index contributed by atoms with van der Waals surface area (Å²) >= 11 is 0. The molecule has 0 bridgehead atoms. The van der Waals surface area contributed by atoms with E-state index in [4.69, 9.17) is 14.2 Å². The van der Waals surface area contributed by atoms with Gasteiger partial charge in [-0.15, -0.1) is 0 Å². The van der Waals surface area contributed by atoms with Crippen LogP contribution < -0.4 is 0 Å². The summed E-state index contributed by atoms with van der Waals surface area (Å²) in [5.74, 6) is -0.913. The molecule has 0 spiro atoms. The number of rotatable bonds is 58. The molecule has 0 aliphatic carbocycles. The number of carbonyl (C=O) groups is 3. The highest BCUT2D eigenvalue weighted by Crippen LogP contribution is 2.16. The Morgan fingerprint density at radius 2 is 0.526 bits per heavy atom. The number of hydrogen-bond donors (Lipinski definition) is 0. The third-order valence-corrected chi connectivity index (χ3v) is 13.8. The lowest BCUT2D eigenvalue weighted by atomic mass is 10.0. The van der Waals surface area contributed by atoms with E-state index in [1.54, 1.807) is 0 Å². The Hall–Kier alpha value is -3.67. The summed E-state index contributed by atoms with van der Waals surface area (Å²) in [6.07, 6.45) is 85.6. The van der Waals surface area contributed by atoms with Gasteiger partial charge in [-0.3, -0.25) is 14.4 Å². The lowest BCUT2D eigenvalue weighted by molar-refractivity contribution is -0.167. The Morgan fingerprint density at radius 1 is 0.276 bits per heavy atom. The third-order valence-electron chi connectivity index (χ3n) is 13.8. The molecule has 0 rings (SSSR count). The molecular weight excluding hydrogens is 937 g/mol. The van der Waals surface area contributed by atoms with Crippen LogP contribution >= 0.6 is 0 Å². The van der Waals surface area contributed by atoms with Crippen LogP contribution in [0.15, 0.2) is 97.2 Å². The lowest BCUT2D eigenvalue weighted by Crippen LogP contribution is -2.30. The van der Waals surface area contributed by atoms with Crippen LogP contribution in [-0.4, -0.2) is 37.2 Å². The molecule has 0 saturated heterocycles. The van der Waals surface area contributed by atoms with E-state index < -0.39 is 6.10 Å². The normalized spacial score (nSPS) is 12.7. The van der Waals surface area contributed by atoms with Crippen LogP contribution in [0.3, 0.4) is 0 Å². The van der Waals surface area contributed by atoms with Gasteiger partial charge in [-0.25, -0.2) is 0 Å². The maximum absolute atomic E-state index is 12.9. The number of unbranched alkanes of at least 4 members (excludes halogenated alkanes) is 31. The van der Waals surface area contributed by atoms with E-state index in [2.05, 4.69) is 118 Å². The van der Waals surface area contributed by atoms with Gasteiger partial charge in [-0.2, -0.15) is 0 Å². The summed E-state index contributed by atoms with van der Waals surface area (Å²) in [7, 11) is 0. The van der Waals surface area contributed by atoms with Crippen molar-refractivity contribution in [3.63, 3.8) is 0 Å². The highest BCUT2D eigenvalue weighted by molar-refractivity contribution is 5.71. The molecule has 0 radical (unpaired) electrons. The van der Waals surface area contributed by atoms with Gasteiger partial charge >= 0.3 is 17.9 Å². The minimum absolute atomic E-state index is 0.0887. The predicted molar refractivity (Wildman–Crippen MR) is 330 cm³/mol. The minimum Gasteiger partial charge on any atom is -0.462 e. The number of allylic oxidation sites excluding steroid dienone is 16. The molecule has 0 N–H and O–H groups in total. The van der Waals surface area contributed by atoms with Crippen LogP contribution in [0.1, 0.15) is 310 Å². The molecule has 1 unspecified atom stereocenters. The average molecular weight is 1060 g/mol. The first-order chi connectivity index (χ1) is 37.5. The molecule has 1 atom stereocenters. The average Bonchev–Trinajstić information content (AvgIpc) is 3.42. The number of esters is 3. The molecule has 0 aromatic rings. The third kappa shape index (κ3) is 61.2. The van der Waals surface area contributed by atoms with Crippen LogP contribution in [0.2, 0.25) is 0 Å². The highest BCUT2D eigenvalue weighted by Gasteiger charge is 2.19. The molecule has 0 aliphatic heterocycles. The van der Waals surface area contributed by atoms with Gasteiger partial charge in [0.15, 0.2) is 6.10 Å². The number of ether oxygens (including phenoxy) is 3. The van der Waals surface area contributed by atoms with Gasteiger partial charge in [0, 0.05) is 19.3 Å². The number of hydrogen-bond acceptors (Lipinski definition) is 6. The molecule has 0 amide bonds. The second-order valence-electron chi connectivity index (χ2n) is 21.3. The summed E-state index contributed by atoms with van der Waals surface area (Å²) in [5.41, 5.74) is 0. The molecule has 0 fully saturated rings. The minimum atomic E-state index is -0.794. The van der Waals surface area contributed by atoms with Crippen molar-refractivity contribution in [1.29, 1.82) is 0 Å². The topological polar surface area (TPSA) is 78.9 Å². The standard InChI is InChI=1S/C70H120O6/c1-4-7-10-13-16-19-22-25-28-29-30-31-32-33-34-35-36-37-38-39-40-41-43-45-48-51-54-57-60-63-69(72)75-66-67(65-74-68(71)62-59-56-53-50-47-44-27-24-21-18-15-12-9-6-3)76-70(73)64-61-58-55-52-49-46-42-26-23-20-17-14-11-8-5-2/h8,11,15,17-18,20,22,24-27,29-30,32-33,42,67H,4-7,9-10,12-14,16,19,21,23,28,31,34-41,43-66H2,1-3H3/b11-8-,18-15-,20-17-,25-22-,27-24-,30-29-,33-32-,42-26-. The second kappa shape index (κ2) is 63.9. The van der Waals surface area contributed by atoms with E-state index in [-0.39, 0.29) is 31.1 Å². The fourth-order valence-corrected chi connectivity index (χ4v) is 8.95. The monoisotopic (exact) mass is 1060 g/mol. The molecule has 436 valence electrons. The highest BCUT2D eigenvalue weighted by atomic mass is 16.6. The molecule has 0 saturated carbocycles. The van der Waals surface area contributed by atoms with Crippen molar-refractivity contribution in [1.82, 2.24) is 0 Å². The smallest absolute Gasteiger partial charge is 0.306 e. The first kappa shape index (κ1) is 72.3. The fraction of sp³-hybridized carbons (Fsp3) is 0.729. The van der Waals surface area contributed by atoms with Crippen LogP contribution in [0.25, 0.3) is 0 Å².